The number of unbranched alkanes of at least 4 members (excludes halogenated alkanes) is 16. The van der Waals surface area contributed by atoms with Gasteiger partial charge in [-0.2, -0.15) is 23.5 Å². The van der Waals surface area contributed by atoms with Crippen LogP contribution < -0.4 is 0 Å². The Morgan fingerprint density at radius 1 is 0.355 bits per heavy atom. The second-order valence-electron chi connectivity index (χ2n) is 8.65. The second-order valence-corrected chi connectivity index (χ2v) is 11.1. The van der Waals surface area contributed by atoms with Gasteiger partial charge in [0.1, 0.15) is 0 Å². The highest BCUT2D eigenvalue weighted by Crippen LogP contribution is 2.13. The van der Waals surface area contributed by atoms with Crippen molar-refractivity contribution in [2.45, 2.75) is 116 Å². The predicted octanol–water partition coefficient (Wildman–Crippen LogP) is 7.48. The van der Waals surface area contributed by atoms with Crippen LogP contribution in [0.5, 0.6) is 0 Å². The Balaban J connectivity index is 2.98. The van der Waals surface area contributed by atoms with Crippen molar-refractivity contribution in [3.63, 3.8) is 0 Å². The van der Waals surface area contributed by atoms with Crippen molar-refractivity contribution in [3.05, 3.63) is 0 Å². The minimum Gasteiger partial charge on any atom is -0.396 e. The van der Waals surface area contributed by atoms with Gasteiger partial charge in [-0.05, 0) is 37.2 Å². The smallest absolute Gasteiger partial charge is 0.0557 e. The van der Waals surface area contributed by atoms with E-state index in [4.69, 9.17) is 14.9 Å². The molecule has 0 bridgehead atoms. The number of rotatable bonds is 28. The Morgan fingerprint density at radius 3 is 0.968 bits per heavy atom. The fourth-order valence-electron chi connectivity index (χ4n) is 3.65. The maximum absolute atomic E-state index is 8.74. The molecule has 0 rings (SSSR count). The van der Waals surface area contributed by atoms with Gasteiger partial charge in [-0.25, -0.2) is 0 Å². The van der Waals surface area contributed by atoms with Gasteiger partial charge in [-0.3, -0.25) is 0 Å². The fourth-order valence-corrected chi connectivity index (χ4v) is 5.34. The van der Waals surface area contributed by atoms with Gasteiger partial charge in [0.15, 0.2) is 0 Å². The van der Waals surface area contributed by atoms with Crippen molar-refractivity contribution in [2.24, 2.45) is 0 Å². The number of aliphatic hydroxyl groups is 2. The zero-order valence-electron chi connectivity index (χ0n) is 20.5. The predicted molar refractivity (Wildman–Crippen MR) is 143 cm³/mol. The lowest BCUT2D eigenvalue weighted by Crippen LogP contribution is -2.02. The largest absolute Gasteiger partial charge is 0.396 e. The highest BCUT2D eigenvalue weighted by Gasteiger charge is 1.96. The van der Waals surface area contributed by atoms with Gasteiger partial charge in [0, 0.05) is 24.7 Å². The van der Waals surface area contributed by atoms with E-state index in [1.165, 1.54) is 114 Å². The van der Waals surface area contributed by atoms with E-state index in [1.54, 1.807) is 0 Å². The number of hydrogen-bond acceptors (Lipinski definition) is 5. The molecular weight excluding hydrogens is 424 g/mol. The molecule has 5 heteroatoms. The van der Waals surface area contributed by atoms with Crippen molar-refractivity contribution in [1.82, 2.24) is 0 Å². The van der Waals surface area contributed by atoms with Crippen molar-refractivity contribution in [3.8, 4) is 0 Å². The first-order chi connectivity index (χ1) is 15.4. The average Bonchev–Trinajstić information content (AvgIpc) is 2.78. The van der Waals surface area contributed by atoms with Crippen molar-refractivity contribution in [2.75, 3.05) is 49.4 Å². The molecule has 0 radical (unpaired) electrons. The lowest BCUT2D eigenvalue weighted by Gasteiger charge is -2.05. The quantitative estimate of drug-likeness (QED) is 0.114. The van der Waals surface area contributed by atoms with Gasteiger partial charge in [0.05, 0.1) is 13.2 Å². The van der Waals surface area contributed by atoms with E-state index in [-0.39, 0.29) is 0 Å². The number of hydrogen-bond donors (Lipinski definition) is 2. The third kappa shape index (κ3) is 30.6. The molecule has 0 aliphatic carbocycles. The zero-order chi connectivity index (χ0) is 22.5. The van der Waals surface area contributed by atoms with Gasteiger partial charge in [0.2, 0.25) is 0 Å². The Bertz CT molecular complexity index is 278. The van der Waals surface area contributed by atoms with Gasteiger partial charge in [-0.15, -0.1) is 0 Å². The molecule has 0 saturated heterocycles. The van der Waals surface area contributed by atoms with Crippen LogP contribution in [0, 0.1) is 0 Å². The maximum Gasteiger partial charge on any atom is 0.0557 e. The molecule has 0 unspecified atom stereocenters. The maximum atomic E-state index is 8.74. The molecule has 3 nitrogen and oxygen atoms in total. The van der Waals surface area contributed by atoms with Crippen LogP contribution in [-0.2, 0) is 4.74 Å². The van der Waals surface area contributed by atoms with Crippen molar-refractivity contribution >= 4 is 23.5 Å². The molecule has 0 heterocycles. The minimum atomic E-state index is 0.358. The van der Waals surface area contributed by atoms with Gasteiger partial charge >= 0.3 is 0 Å². The van der Waals surface area contributed by atoms with E-state index in [0.29, 0.717) is 13.2 Å². The third-order valence-electron chi connectivity index (χ3n) is 5.64. The van der Waals surface area contributed by atoms with Crippen LogP contribution in [0.2, 0.25) is 0 Å². The van der Waals surface area contributed by atoms with Crippen LogP contribution in [-0.4, -0.2) is 59.7 Å². The molecule has 0 aromatic carbocycles. The zero-order valence-corrected chi connectivity index (χ0v) is 22.1. The summed E-state index contributed by atoms with van der Waals surface area (Å²) in [5.41, 5.74) is 0. The van der Waals surface area contributed by atoms with Crippen molar-refractivity contribution < 1.29 is 14.9 Å². The molecule has 2 N–H and O–H groups in total. The molecular formula is C26H54O3S2. The van der Waals surface area contributed by atoms with Gasteiger partial charge in [-0.1, -0.05) is 89.9 Å². The van der Waals surface area contributed by atoms with Crippen LogP contribution in [0.1, 0.15) is 116 Å². The van der Waals surface area contributed by atoms with Crippen LogP contribution in [0.15, 0.2) is 0 Å². The molecule has 0 spiro atoms. The molecule has 0 saturated carbocycles. The van der Waals surface area contributed by atoms with E-state index >= 15 is 0 Å². The summed E-state index contributed by atoms with van der Waals surface area (Å²) in [4.78, 5) is 0. The third-order valence-corrected chi connectivity index (χ3v) is 7.70. The Morgan fingerprint density at radius 2 is 0.645 bits per heavy atom. The SMILES string of the molecule is OCCCCCCCCCCCSCCOCCSCCCCCCCCCCCO. The Hall–Kier alpha value is 0.580. The lowest BCUT2D eigenvalue weighted by molar-refractivity contribution is 0.167. The summed E-state index contributed by atoms with van der Waals surface area (Å²) in [6, 6.07) is 0. The van der Waals surface area contributed by atoms with Gasteiger partial charge in [0.25, 0.3) is 0 Å². The van der Waals surface area contributed by atoms with E-state index in [9.17, 15) is 0 Å². The monoisotopic (exact) mass is 478 g/mol. The summed E-state index contributed by atoms with van der Waals surface area (Å²) < 4.78 is 5.76. The van der Waals surface area contributed by atoms with Crippen LogP contribution in [0.3, 0.4) is 0 Å². The summed E-state index contributed by atoms with van der Waals surface area (Å²) in [5, 5.41) is 17.5. The number of aliphatic hydroxyl groups excluding tert-OH is 2. The number of thioether (sulfide) groups is 2. The first kappa shape index (κ1) is 31.6. The molecule has 0 fully saturated rings. The molecule has 0 aliphatic rings. The summed E-state index contributed by atoms with van der Waals surface area (Å²) in [7, 11) is 0. The fraction of sp³-hybridized carbons (Fsp3) is 1.00. The van der Waals surface area contributed by atoms with E-state index in [1.807, 2.05) is 0 Å². The highest BCUT2D eigenvalue weighted by atomic mass is 32.2. The van der Waals surface area contributed by atoms with Crippen molar-refractivity contribution in [1.29, 1.82) is 0 Å². The highest BCUT2D eigenvalue weighted by molar-refractivity contribution is 7.99. The standard InChI is InChI=1S/C26H54O3S2/c27-19-15-11-7-3-1-5-9-13-17-23-30-25-21-29-22-26-31-24-18-14-10-6-2-4-8-12-16-20-28/h27-28H,1-26H2. The van der Waals surface area contributed by atoms with Crippen LogP contribution >= 0.6 is 23.5 Å². The summed E-state index contributed by atoms with van der Waals surface area (Å²) in [5.74, 6) is 4.87. The molecule has 188 valence electrons. The molecule has 0 aliphatic heterocycles. The first-order valence-electron chi connectivity index (χ1n) is 13.4. The van der Waals surface area contributed by atoms with Gasteiger partial charge < -0.3 is 14.9 Å². The Labute approximate surface area is 203 Å². The lowest BCUT2D eigenvalue weighted by atomic mass is 10.1. The second kappa shape index (κ2) is 30.6. The van der Waals surface area contributed by atoms with E-state index < -0.39 is 0 Å². The summed E-state index contributed by atoms with van der Waals surface area (Å²) in [6.07, 6.45) is 23.4. The van der Waals surface area contributed by atoms with Crippen LogP contribution in [0.4, 0.5) is 0 Å². The van der Waals surface area contributed by atoms with Crippen LogP contribution in [0.25, 0.3) is 0 Å². The van der Waals surface area contributed by atoms with E-state index in [0.717, 1.165) is 37.6 Å². The summed E-state index contributed by atoms with van der Waals surface area (Å²) >= 11 is 4.10. The topological polar surface area (TPSA) is 49.7 Å². The summed E-state index contributed by atoms with van der Waals surface area (Å²) in [6.45, 7) is 2.54. The Kier molecular flexibility index (Phi) is 31.2. The minimum absolute atomic E-state index is 0.358. The average molecular weight is 479 g/mol. The first-order valence-corrected chi connectivity index (χ1v) is 15.7. The molecule has 0 aromatic rings. The molecule has 31 heavy (non-hydrogen) atoms. The molecule has 0 aromatic heterocycles. The molecule has 0 atom stereocenters. The normalized spacial score (nSPS) is 11.4. The van der Waals surface area contributed by atoms with E-state index in [2.05, 4.69) is 23.5 Å². The number of ether oxygens (including phenoxy) is 1. The molecule has 0 amide bonds.